The Labute approximate surface area is 118 Å². The van der Waals surface area contributed by atoms with Crippen molar-refractivity contribution in [1.82, 2.24) is 4.98 Å². The first-order valence-corrected chi connectivity index (χ1v) is 6.50. The molecule has 0 fully saturated rings. The molecule has 0 amide bonds. The third-order valence-corrected chi connectivity index (χ3v) is 3.55. The Morgan fingerprint density at radius 3 is 2.82 bits per heavy atom. The van der Waals surface area contributed by atoms with Gasteiger partial charge in [-0.2, -0.15) is 0 Å². The predicted octanol–water partition coefficient (Wildman–Crippen LogP) is 4.76. The summed E-state index contributed by atoms with van der Waals surface area (Å²) >= 11 is 15.4. The van der Waals surface area contributed by atoms with Gasteiger partial charge in [-0.25, -0.2) is 4.98 Å². The minimum absolute atomic E-state index is 0.464. The van der Waals surface area contributed by atoms with Crippen LogP contribution in [0.5, 0.6) is 0 Å². The van der Waals surface area contributed by atoms with Crippen LogP contribution in [0.15, 0.2) is 41.0 Å². The van der Waals surface area contributed by atoms with Crippen LogP contribution < -0.4 is 5.32 Å². The molecule has 2 nitrogen and oxygen atoms in total. The van der Waals surface area contributed by atoms with Crippen molar-refractivity contribution in [2.75, 3.05) is 5.32 Å². The van der Waals surface area contributed by atoms with E-state index in [0.29, 0.717) is 16.7 Å². The topological polar surface area (TPSA) is 24.9 Å². The summed E-state index contributed by atoms with van der Waals surface area (Å²) in [4.78, 5) is 4.00. The van der Waals surface area contributed by atoms with Crippen LogP contribution >= 0.6 is 39.1 Å². The van der Waals surface area contributed by atoms with E-state index in [1.807, 2.05) is 30.3 Å². The molecule has 0 unspecified atom stereocenters. The number of halogens is 3. The molecule has 88 valence electrons. The van der Waals surface area contributed by atoms with Crippen LogP contribution in [0.2, 0.25) is 10.2 Å². The van der Waals surface area contributed by atoms with Gasteiger partial charge in [0.2, 0.25) is 0 Å². The van der Waals surface area contributed by atoms with Crippen LogP contribution in [0.25, 0.3) is 0 Å². The maximum Gasteiger partial charge on any atom is 0.152 e. The largest absolute Gasteiger partial charge is 0.378 e. The fraction of sp³-hybridized carbons (Fsp3) is 0.0833. The number of hydrogen-bond acceptors (Lipinski definition) is 2. The van der Waals surface area contributed by atoms with E-state index in [9.17, 15) is 0 Å². The second kappa shape index (κ2) is 5.71. The smallest absolute Gasteiger partial charge is 0.152 e. The summed E-state index contributed by atoms with van der Waals surface area (Å²) in [5.74, 6) is 0. The molecular formula is C12H9BrCl2N2. The second-order valence-electron chi connectivity index (χ2n) is 3.43. The van der Waals surface area contributed by atoms with Gasteiger partial charge < -0.3 is 5.32 Å². The first-order chi connectivity index (χ1) is 8.16. The number of aromatic nitrogens is 1. The third-order valence-electron chi connectivity index (χ3n) is 2.24. The van der Waals surface area contributed by atoms with E-state index >= 15 is 0 Å². The molecule has 1 aromatic carbocycles. The fourth-order valence-corrected chi connectivity index (χ4v) is 2.15. The lowest BCUT2D eigenvalue weighted by Crippen LogP contribution is -2.01. The van der Waals surface area contributed by atoms with Crippen LogP contribution in [-0.2, 0) is 6.54 Å². The summed E-state index contributed by atoms with van der Waals surface area (Å²) in [6, 6.07) is 9.38. The number of pyridine rings is 1. The van der Waals surface area contributed by atoms with Gasteiger partial charge in [0.05, 0.1) is 5.69 Å². The number of benzene rings is 1. The normalized spacial score (nSPS) is 10.3. The minimum Gasteiger partial charge on any atom is -0.378 e. The molecule has 0 radical (unpaired) electrons. The predicted molar refractivity (Wildman–Crippen MR) is 75.7 cm³/mol. The van der Waals surface area contributed by atoms with Crippen molar-refractivity contribution in [1.29, 1.82) is 0 Å². The molecule has 2 rings (SSSR count). The summed E-state index contributed by atoms with van der Waals surface area (Å²) in [5.41, 5.74) is 1.87. The lowest BCUT2D eigenvalue weighted by Gasteiger charge is -2.09. The van der Waals surface area contributed by atoms with E-state index in [4.69, 9.17) is 23.2 Å². The van der Waals surface area contributed by atoms with Gasteiger partial charge in [-0.3, -0.25) is 0 Å². The van der Waals surface area contributed by atoms with Crippen molar-refractivity contribution in [2.24, 2.45) is 0 Å². The van der Waals surface area contributed by atoms with E-state index in [1.54, 1.807) is 6.20 Å². The molecule has 0 aliphatic rings. The Hall–Kier alpha value is -0.770. The Morgan fingerprint density at radius 2 is 2.06 bits per heavy atom. The summed E-state index contributed by atoms with van der Waals surface area (Å²) in [5, 5.41) is 4.39. The lowest BCUT2D eigenvalue weighted by molar-refractivity contribution is 1.13. The number of rotatable bonds is 3. The van der Waals surface area contributed by atoms with Gasteiger partial charge in [0, 0.05) is 22.2 Å². The van der Waals surface area contributed by atoms with Gasteiger partial charge in [-0.05, 0) is 35.9 Å². The van der Waals surface area contributed by atoms with E-state index in [2.05, 4.69) is 26.2 Å². The summed E-state index contributed by atoms with van der Waals surface area (Å²) in [7, 11) is 0. The van der Waals surface area contributed by atoms with Crippen molar-refractivity contribution in [3.8, 4) is 0 Å². The molecule has 0 aliphatic heterocycles. The number of hydrogen-bond donors (Lipinski definition) is 1. The van der Waals surface area contributed by atoms with Gasteiger partial charge in [0.1, 0.15) is 0 Å². The van der Waals surface area contributed by atoms with E-state index in [1.165, 1.54) is 0 Å². The van der Waals surface area contributed by atoms with Crippen molar-refractivity contribution >= 4 is 44.8 Å². The molecule has 5 heteroatoms. The number of nitrogens with one attached hydrogen (secondary N) is 1. The highest BCUT2D eigenvalue weighted by Crippen LogP contribution is 2.23. The van der Waals surface area contributed by atoms with Gasteiger partial charge in [-0.15, -0.1) is 0 Å². The summed E-state index contributed by atoms with van der Waals surface area (Å²) < 4.78 is 1.01. The molecular weight excluding hydrogens is 323 g/mol. The quantitative estimate of drug-likeness (QED) is 0.820. The molecule has 17 heavy (non-hydrogen) atoms. The van der Waals surface area contributed by atoms with E-state index < -0.39 is 0 Å². The standard InChI is InChI=1S/C12H9BrCl2N2/c13-10-4-3-9(14)6-8(10)7-17-11-2-1-5-16-12(11)15/h1-6,17H,7H2. The SMILES string of the molecule is Clc1ccc(Br)c(CNc2cccnc2Cl)c1. The summed E-state index contributed by atoms with van der Waals surface area (Å²) in [6.07, 6.45) is 1.66. The Kier molecular flexibility index (Phi) is 4.26. The van der Waals surface area contributed by atoms with E-state index in [-0.39, 0.29) is 0 Å². The van der Waals surface area contributed by atoms with Crippen LogP contribution in [-0.4, -0.2) is 4.98 Å². The molecule has 1 N–H and O–H groups in total. The van der Waals surface area contributed by atoms with Gasteiger partial charge in [0.25, 0.3) is 0 Å². The average Bonchev–Trinajstić information content (AvgIpc) is 2.32. The second-order valence-corrected chi connectivity index (χ2v) is 5.08. The number of anilines is 1. The number of nitrogens with zero attached hydrogens (tertiary/aromatic N) is 1. The molecule has 0 saturated carbocycles. The van der Waals surface area contributed by atoms with Crippen LogP contribution in [0.1, 0.15) is 5.56 Å². The Morgan fingerprint density at radius 1 is 1.24 bits per heavy atom. The Balaban J connectivity index is 2.12. The zero-order valence-corrected chi connectivity index (χ0v) is 11.9. The average molecular weight is 332 g/mol. The Bertz CT molecular complexity index is 532. The summed E-state index contributed by atoms with van der Waals surface area (Å²) in [6.45, 7) is 0.632. The lowest BCUT2D eigenvalue weighted by atomic mass is 10.2. The van der Waals surface area contributed by atoms with Crippen molar-refractivity contribution in [3.63, 3.8) is 0 Å². The van der Waals surface area contributed by atoms with Gasteiger partial charge >= 0.3 is 0 Å². The molecule has 0 atom stereocenters. The molecule has 0 aliphatic carbocycles. The van der Waals surface area contributed by atoms with E-state index in [0.717, 1.165) is 15.7 Å². The molecule has 2 aromatic rings. The first-order valence-electron chi connectivity index (χ1n) is 4.95. The van der Waals surface area contributed by atoms with Crippen LogP contribution in [0, 0.1) is 0 Å². The highest BCUT2D eigenvalue weighted by molar-refractivity contribution is 9.10. The highest BCUT2D eigenvalue weighted by Gasteiger charge is 2.03. The maximum atomic E-state index is 5.95. The van der Waals surface area contributed by atoms with Gasteiger partial charge in [-0.1, -0.05) is 39.1 Å². The molecule has 1 heterocycles. The molecule has 0 saturated heterocycles. The first kappa shape index (κ1) is 12.7. The van der Waals surface area contributed by atoms with Crippen molar-refractivity contribution < 1.29 is 0 Å². The molecule has 0 spiro atoms. The zero-order chi connectivity index (χ0) is 12.3. The van der Waals surface area contributed by atoms with Crippen molar-refractivity contribution in [3.05, 3.63) is 56.7 Å². The monoisotopic (exact) mass is 330 g/mol. The van der Waals surface area contributed by atoms with Crippen LogP contribution in [0.4, 0.5) is 5.69 Å². The highest BCUT2D eigenvalue weighted by atomic mass is 79.9. The molecule has 0 bridgehead atoms. The van der Waals surface area contributed by atoms with Gasteiger partial charge in [0.15, 0.2) is 5.15 Å². The fourth-order valence-electron chi connectivity index (χ4n) is 1.39. The maximum absolute atomic E-state index is 5.95. The van der Waals surface area contributed by atoms with Crippen LogP contribution in [0.3, 0.4) is 0 Å². The molecule has 1 aromatic heterocycles. The van der Waals surface area contributed by atoms with Crippen molar-refractivity contribution in [2.45, 2.75) is 6.54 Å². The minimum atomic E-state index is 0.464. The third kappa shape index (κ3) is 3.35. The zero-order valence-electron chi connectivity index (χ0n) is 8.75.